The topological polar surface area (TPSA) is 52.6 Å². The molecule has 0 radical (unpaired) electrons. The number of hydrogen-bond acceptors (Lipinski definition) is 3. The highest BCUT2D eigenvalue weighted by atomic mass is 16.4. The Morgan fingerprint density at radius 3 is 2.29 bits per heavy atom. The summed E-state index contributed by atoms with van der Waals surface area (Å²) in [6.07, 6.45) is 0. The fourth-order valence-electron chi connectivity index (χ4n) is 1.42. The van der Waals surface area contributed by atoms with Crippen molar-refractivity contribution in [1.29, 1.82) is 0 Å². The molecule has 0 bridgehead atoms. The normalized spacial score (nSPS) is 13.6. The number of carbonyl (C=O) groups is 1. The van der Waals surface area contributed by atoms with Gasteiger partial charge in [-0.1, -0.05) is 13.8 Å². The maximum atomic E-state index is 10.9. The first-order valence-corrected chi connectivity index (χ1v) is 5.23. The highest BCUT2D eigenvalue weighted by Crippen LogP contribution is 1.99. The van der Waals surface area contributed by atoms with Crippen molar-refractivity contribution < 1.29 is 9.90 Å². The van der Waals surface area contributed by atoms with Gasteiger partial charge in [-0.3, -0.25) is 9.69 Å². The van der Waals surface area contributed by atoms with Gasteiger partial charge in [-0.2, -0.15) is 0 Å². The van der Waals surface area contributed by atoms with Crippen LogP contribution in [0.25, 0.3) is 0 Å². The fourth-order valence-corrected chi connectivity index (χ4v) is 1.42. The number of carboxylic acid groups (broad SMARTS) is 1. The monoisotopic (exact) mass is 202 g/mol. The molecule has 0 fully saturated rings. The van der Waals surface area contributed by atoms with Crippen LogP contribution in [0.1, 0.15) is 27.7 Å². The van der Waals surface area contributed by atoms with Crippen molar-refractivity contribution in [2.45, 2.75) is 39.8 Å². The van der Waals surface area contributed by atoms with Crippen molar-refractivity contribution in [3.63, 3.8) is 0 Å². The van der Waals surface area contributed by atoms with Gasteiger partial charge in [-0.15, -0.1) is 0 Å². The Kier molecular flexibility index (Phi) is 6.49. The molecule has 1 atom stereocenters. The van der Waals surface area contributed by atoms with Crippen molar-refractivity contribution in [3.8, 4) is 0 Å². The molecule has 0 rings (SSSR count). The van der Waals surface area contributed by atoms with Gasteiger partial charge in [-0.25, -0.2) is 0 Å². The van der Waals surface area contributed by atoms with Crippen LogP contribution < -0.4 is 5.32 Å². The number of nitrogens with zero attached hydrogens (tertiary/aromatic N) is 1. The molecule has 1 unspecified atom stereocenters. The summed E-state index contributed by atoms with van der Waals surface area (Å²) < 4.78 is 0. The van der Waals surface area contributed by atoms with E-state index in [0.29, 0.717) is 19.1 Å². The molecule has 0 heterocycles. The first kappa shape index (κ1) is 13.4. The minimum absolute atomic E-state index is 0.389. The van der Waals surface area contributed by atoms with E-state index in [1.807, 2.05) is 13.8 Å². The Bertz CT molecular complexity index is 172. The van der Waals surface area contributed by atoms with Crippen LogP contribution >= 0.6 is 0 Å². The van der Waals surface area contributed by atoms with E-state index in [-0.39, 0.29) is 0 Å². The van der Waals surface area contributed by atoms with Gasteiger partial charge in [0.2, 0.25) is 0 Å². The quantitative estimate of drug-likeness (QED) is 0.640. The number of nitrogens with one attached hydrogen (secondary N) is 1. The number of aliphatic carboxylic acids is 1. The van der Waals surface area contributed by atoms with Gasteiger partial charge in [-0.05, 0) is 26.9 Å². The van der Waals surface area contributed by atoms with Gasteiger partial charge in [0.25, 0.3) is 0 Å². The molecule has 0 spiro atoms. The maximum absolute atomic E-state index is 10.9. The molecule has 0 aromatic rings. The van der Waals surface area contributed by atoms with E-state index in [1.54, 1.807) is 0 Å². The van der Waals surface area contributed by atoms with Crippen molar-refractivity contribution in [3.05, 3.63) is 0 Å². The molecule has 0 aliphatic rings. The number of likely N-dealkylation sites (N-methyl/N-ethyl adjacent to an activating group) is 2. The van der Waals surface area contributed by atoms with E-state index in [1.165, 1.54) is 0 Å². The second-order valence-electron chi connectivity index (χ2n) is 3.63. The molecule has 4 heteroatoms. The van der Waals surface area contributed by atoms with Crippen LogP contribution in [0.5, 0.6) is 0 Å². The van der Waals surface area contributed by atoms with E-state index in [2.05, 4.69) is 24.1 Å². The second-order valence-corrected chi connectivity index (χ2v) is 3.63. The molecule has 0 saturated heterocycles. The van der Waals surface area contributed by atoms with Crippen LogP contribution in [-0.2, 0) is 4.79 Å². The van der Waals surface area contributed by atoms with E-state index in [0.717, 1.165) is 6.54 Å². The predicted octanol–water partition coefficient (Wildman–Crippen LogP) is 0.779. The molecule has 0 saturated carbocycles. The molecule has 4 nitrogen and oxygen atoms in total. The molecule has 2 N–H and O–H groups in total. The zero-order valence-electron chi connectivity index (χ0n) is 9.58. The standard InChI is InChI=1S/C10H22N2O2/c1-5-11-9(10(13)14)7-12(6-2)8(3)4/h8-9,11H,5-7H2,1-4H3,(H,13,14). The molecular weight excluding hydrogens is 180 g/mol. The SMILES string of the molecule is CCNC(CN(CC)C(C)C)C(=O)O. The Balaban J connectivity index is 4.18. The van der Waals surface area contributed by atoms with Crippen molar-refractivity contribution in [2.24, 2.45) is 0 Å². The van der Waals surface area contributed by atoms with Crippen molar-refractivity contribution in [1.82, 2.24) is 10.2 Å². The number of rotatable bonds is 7. The molecule has 0 amide bonds. The van der Waals surface area contributed by atoms with Crippen molar-refractivity contribution >= 4 is 5.97 Å². The summed E-state index contributed by atoms with van der Waals surface area (Å²) in [5, 5.41) is 11.9. The van der Waals surface area contributed by atoms with Gasteiger partial charge in [0, 0.05) is 12.6 Å². The third-order valence-electron chi connectivity index (χ3n) is 2.30. The lowest BCUT2D eigenvalue weighted by molar-refractivity contribution is -0.140. The smallest absolute Gasteiger partial charge is 0.322 e. The second kappa shape index (κ2) is 6.79. The third kappa shape index (κ3) is 4.58. The third-order valence-corrected chi connectivity index (χ3v) is 2.30. The summed E-state index contributed by atoms with van der Waals surface area (Å²) in [6.45, 7) is 10.3. The molecule has 84 valence electrons. The van der Waals surface area contributed by atoms with Gasteiger partial charge in [0.05, 0.1) is 0 Å². The van der Waals surface area contributed by atoms with E-state index in [9.17, 15) is 4.79 Å². The average Bonchev–Trinajstić information content (AvgIpc) is 2.11. The van der Waals surface area contributed by atoms with Gasteiger partial charge in [0.15, 0.2) is 0 Å². The van der Waals surface area contributed by atoms with E-state index in [4.69, 9.17) is 5.11 Å². The number of hydrogen-bond donors (Lipinski definition) is 2. The summed E-state index contributed by atoms with van der Waals surface area (Å²) in [5.74, 6) is -0.772. The number of carboxylic acids is 1. The lowest BCUT2D eigenvalue weighted by Crippen LogP contribution is -2.48. The van der Waals surface area contributed by atoms with Crippen LogP contribution in [0.3, 0.4) is 0 Å². The zero-order valence-corrected chi connectivity index (χ0v) is 9.58. The zero-order chi connectivity index (χ0) is 11.1. The van der Waals surface area contributed by atoms with Gasteiger partial charge in [0.1, 0.15) is 6.04 Å². The molecule has 0 aromatic heterocycles. The average molecular weight is 202 g/mol. The van der Waals surface area contributed by atoms with Crippen LogP contribution in [0.2, 0.25) is 0 Å². The summed E-state index contributed by atoms with van der Waals surface area (Å²) in [7, 11) is 0. The van der Waals surface area contributed by atoms with Crippen LogP contribution in [-0.4, -0.2) is 47.7 Å². The van der Waals surface area contributed by atoms with E-state index >= 15 is 0 Å². The maximum Gasteiger partial charge on any atom is 0.322 e. The van der Waals surface area contributed by atoms with Crippen LogP contribution in [0, 0.1) is 0 Å². The predicted molar refractivity (Wildman–Crippen MR) is 57.5 cm³/mol. The Hall–Kier alpha value is -0.610. The molecule has 14 heavy (non-hydrogen) atoms. The Morgan fingerprint density at radius 1 is 1.43 bits per heavy atom. The summed E-state index contributed by atoms with van der Waals surface area (Å²) in [6, 6.07) is -0.0668. The first-order valence-electron chi connectivity index (χ1n) is 5.23. The van der Waals surface area contributed by atoms with Crippen LogP contribution in [0.4, 0.5) is 0 Å². The largest absolute Gasteiger partial charge is 0.480 e. The lowest BCUT2D eigenvalue weighted by atomic mass is 10.2. The summed E-state index contributed by atoms with van der Waals surface area (Å²) >= 11 is 0. The summed E-state index contributed by atoms with van der Waals surface area (Å²) in [4.78, 5) is 13.0. The highest BCUT2D eigenvalue weighted by Gasteiger charge is 2.20. The fraction of sp³-hybridized carbons (Fsp3) is 0.900. The minimum Gasteiger partial charge on any atom is -0.480 e. The molecule has 0 aromatic carbocycles. The highest BCUT2D eigenvalue weighted by molar-refractivity contribution is 5.73. The Morgan fingerprint density at radius 2 is 2.00 bits per heavy atom. The minimum atomic E-state index is -0.772. The molecular formula is C10H22N2O2. The lowest BCUT2D eigenvalue weighted by Gasteiger charge is -2.27. The first-order chi connectivity index (χ1) is 6.52. The van der Waals surface area contributed by atoms with Crippen LogP contribution in [0.15, 0.2) is 0 Å². The van der Waals surface area contributed by atoms with Crippen molar-refractivity contribution in [2.75, 3.05) is 19.6 Å². The van der Waals surface area contributed by atoms with Gasteiger partial charge >= 0.3 is 5.97 Å². The molecule has 0 aliphatic carbocycles. The van der Waals surface area contributed by atoms with E-state index < -0.39 is 12.0 Å². The Labute approximate surface area is 86.3 Å². The molecule has 0 aliphatic heterocycles. The summed E-state index contributed by atoms with van der Waals surface area (Å²) in [5.41, 5.74) is 0. The van der Waals surface area contributed by atoms with Gasteiger partial charge < -0.3 is 10.4 Å².